The number of anilines is 1. The normalized spacial score (nSPS) is 10.2. The molecule has 0 aliphatic rings. The number of nitro benzene ring substituents is 1. The van der Waals surface area contributed by atoms with E-state index in [9.17, 15) is 14.9 Å². The van der Waals surface area contributed by atoms with Crippen LogP contribution in [0.25, 0.3) is 0 Å². The predicted molar refractivity (Wildman–Crippen MR) is 84.9 cm³/mol. The molecule has 108 valence electrons. The zero-order chi connectivity index (χ0) is 15.6. The van der Waals surface area contributed by atoms with Gasteiger partial charge in [-0.05, 0) is 52.7 Å². The van der Waals surface area contributed by atoms with E-state index in [0.29, 0.717) is 10.2 Å². The van der Waals surface area contributed by atoms with Gasteiger partial charge < -0.3 is 5.32 Å². The summed E-state index contributed by atoms with van der Waals surface area (Å²) in [4.78, 5) is 22.6. The van der Waals surface area contributed by atoms with Crippen molar-refractivity contribution in [2.45, 2.75) is 6.92 Å². The van der Waals surface area contributed by atoms with Crippen LogP contribution in [-0.4, -0.2) is 10.8 Å². The van der Waals surface area contributed by atoms with E-state index in [1.807, 2.05) is 13.0 Å². The Hall–Kier alpha value is -1.92. The predicted octanol–water partition coefficient (Wildman–Crippen LogP) is 4.57. The maximum Gasteiger partial charge on any atom is 0.283 e. The van der Waals surface area contributed by atoms with Gasteiger partial charge in [0.25, 0.3) is 11.6 Å². The number of benzene rings is 2. The van der Waals surface area contributed by atoms with Gasteiger partial charge in [-0.3, -0.25) is 14.9 Å². The van der Waals surface area contributed by atoms with E-state index in [2.05, 4.69) is 21.2 Å². The lowest BCUT2D eigenvalue weighted by atomic mass is 10.1. The van der Waals surface area contributed by atoms with E-state index in [-0.39, 0.29) is 16.3 Å². The van der Waals surface area contributed by atoms with Crippen LogP contribution in [0.1, 0.15) is 15.9 Å². The minimum atomic E-state index is -0.633. The van der Waals surface area contributed by atoms with Gasteiger partial charge in [0.05, 0.1) is 10.6 Å². The van der Waals surface area contributed by atoms with Crippen molar-refractivity contribution in [1.29, 1.82) is 0 Å². The minimum Gasteiger partial charge on any atom is -0.321 e. The number of hydrogen-bond donors (Lipinski definition) is 1. The number of halogens is 2. The second-order valence-corrected chi connectivity index (χ2v) is 5.65. The summed E-state index contributed by atoms with van der Waals surface area (Å²) < 4.78 is 0.693. The van der Waals surface area contributed by atoms with Crippen molar-refractivity contribution in [2.24, 2.45) is 0 Å². The zero-order valence-corrected chi connectivity index (χ0v) is 13.2. The van der Waals surface area contributed by atoms with E-state index in [0.717, 1.165) is 11.6 Å². The van der Waals surface area contributed by atoms with Gasteiger partial charge in [0, 0.05) is 15.6 Å². The first kappa shape index (κ1) is 15.5. The molecule has 0 saturated carbocycles. The summed E-state index contributed by atoms with van der Waals surface area (Å²) >= 11 is 9.05. The van der Waals surface area contributed by atoms with Crippen LogP contribution in [0.3, 0.4) is 0 Å². The largest absolute Gasteiger partial charge is 0.321 e. The Morgan fingerprint density at radius 3 is 2.67 bits per heavy atom. The summed E-state index contributed by atoms with van der Waals surface area (Å²) in [5.74, 6) is -0.565. The van der Waals surface area contributed by atoms with E-state index >= 15 is 0 Å². The van der Waals surface area contributed by atoms with Crippen molar-refractivity contribution in [2.75, 3.05) is 5.32 Å². The van der Waals surface area contributed by atoms with Crippen LogP contribution in [0.5, 0.6) is 0 Å². The molecule has 0 spiro atoms. The molecule has 0 radical (unpaired) electrons. The number of amides is 1. The summed E-state index contributed by atoms with van der Waals surface area (Å²) in [6.07, 6.45) is 0. The summed E-state index contributed by atoms with van der Waals surface area (Å²) in [5.41, 5.74) is 1.13. The third-order valence-electron chi connectivity index (χ3n) is 2.77. The smallest absolute Gasteiger partial charge is 0.283 e. The highest BCUT2D eigenvalue weighted by Gasteiger charge is 2.21. The van der Waals surface area contributed by atoms with Gasteiger partial charge in [-0.15, -0.1) is 0 Å². The first-order valence-corrected chi connectivity index (χ1v) is 7.07. The molecule has 0 aliphatic carbocycles. The number of nitro groups is 1. The molecule has 0 aromatic heterocycles. The van der Waals surface area contributed by atoms with Gasteiger partial charge >= 0.3 is 0 Å². The van der Waals surface area contributed by atoms with Crippen molar-refractivity contribution in [1.82, 2.24) is 0 Å². The fourth-order valence-corrected chi connectivity index (χ4v) is 2.28. The standard InChI is InChI=1S/C14H10BrClN2O3/c1-8-2-5-11(15)12(6-8)17-14(19)10-4-3-9(16)7-13(10)18(20)21/h2-7H,1H3,(H,17,19). The highest BCUT2D eigenvalue weighted by molar-refractivity contribution is 9.10. The molecule has 1 amide bonds. The highest BCUT2D eigenvalue weighted by atomic mass is 79.9. The zero-order valence-electron chi connectivity index (χ0n) is 10.9. The highest BCUT2D eigenvalue weighted by Crippen LogP contribution is 2.27. The monoisotopic (exact) mass is 368 g/mol. The Balaban J connectivity index is 2.37. The SMILES string of the molecule is Cc1ccc(Br)c(NC(=O)c2ccc(Cl)cc2[N+](=O)[O-])c1. The van der Waals surface area contributed by atoms with Crippen molar-refractivity contribution < 1.29 is 9.72 Å². The van der Waals surface area contributed by atoms with Gasteiger partial charge in [0.15, 0.2) is 0 Å². The summed E-state index contributed by atoms with van der Waals surface area (Å²) in [6.45, 7) is 1.88. The Morgan fingerprint density at radius 2 is 2.00 bits per heavy atom. The Bertz CT molecular complexity index is 734. The van der Waals surface area contributed by atoms with Gasteiger partial charge in [-0.25, -0.2) is 0 Å². The van der Waals surface area contributed by atoms with Gasteiger partial charge in [0.1, 0.15) is 5.56 Å². The molecule has 2 rings (SSSR count). The number of hydrogen-bond acceptors (Lipinski definition) is 3. The fourth-order valence-electron chi connectivity index (χ4n) is 1.77. The summed E-state index contributed by atoms with van der Waals surface area (Å²) in [6, 6.07) is 9.37. The van der Waals surface area contributed by atoms with E-state index in [4.69, 9.17) is 11.6 Å². The van der Waals surface area contributed by atoms with Gasteiger partial charge in [-0.2, -0.15) is 0 Å². The molecule has 7 heteroatoms. The summed E-state index contributed by atoms with van der Waals surface area (Å²) in [5, 5.41) is 13.9. The molecule has 0 fully saturated rings. The molecule has 0 heterocycles. The lowest BCUT2D eigenvalue weighted by Crippen LogP contribution is -2.14. The number of nitrogens with one attached hydrogen (secondary N) is 1. The molecule has 0 unspecified atom stereocenters. The van der Waals surface area contributed by atoms with E-state index < -0.39 is 10.8 Å². The van der Waals surface area contributed by atoms with Crippen LogP contribution in [-0.2, 0) is 0 Å². The molecule has 1 N–H and O–H groups in total. The van der Waals surface area contributed by atoms with Crippen LogP contribution >= 0.6 is 27.5 Å². The maximum absolute atomic E-state index is 12.2. The molecule has 0 bridgehead atoms. The quantitative estimate of drug-likeness (QED) is 0.636. The van der Waals surface area contributed by atoms with Crippen molar-refractivity contribution >= 4 is 44.8 Å². The molecule has 0 aliphatic heterocycles. The fraction of sp³-hybridized carbons (Fsp3) is 0.0714. The molecule has 5 nitrogen and oxygen atoms in total. The van der Waals surface area contributed by atoms with Gasteiger partial charge in [-0.1, -0.05) is 17.7 Å². The lowest BCUT2D eigenvalue weighted by molar-refractivity contribution is -0.385. The average molecular weight is 370 g/mol. The van der Waals surface area contributed by atoms with Crippen LogP contribution in [0.2, 0.25) is 5.02 Å². The molecule has 0 atom stereocenters. The number of rotatable bonds is 3. The number of aryl methyl sites for hydroxylation is 1. The van der Waals surface area contributed by atoms with Crippen LogP contribution in [0.4, 0.5) is 11.4 Å². The second-order valence-electron chi connectivity index (χ2n) is 4.36. The van der Waals surface area contributed by atoms with E-state index in [1.54, 1.807) is 12.1 Å². The minimum absolute atomic E-state index is 0.0437. The molecular weight excluding hydrogens is 360 g/mol. The van der Waals surface area contributed by atoms with Crippen LogP contribution in [0, 0.1) is 17.0 Å². The average Bonchev–Trinajstić information content (AvgIpc) is 2.42. The summed E-state index contributed by atoms with van der Waals surface area (Å²) in [7, 11) is 0. The molecule has 0 saturated heterocycles. The van der Waals surface area contributed by atoms with Crippen molar-refractivity contribution in [3.8, 4) is 0 Å². The Labute approximate surface area is 134 Å². The molecule has 2 aromatic carbocycles. The number of nitrogens with zero attached hydrogens (tertiary/aromatic N) is 1. The molecular formula is C14H10BrClN2O3. The topological polar surface area (TPSA) is 72.2 Å². The van der Waals surface area contributed by atoms with Crippen LogP contribution in [0.15, 0.2) is 40.9 Å². The second kappa shape index (κ2) is 6.24. The molecule has 21 heavy (non-hydrogen) atoms. The molecule has 2 aromatic rings. The third-order valence-corrected chi connectivity index (χ3v) is 3.70. The van der Waals surface area contributed by atoms with Crippen LogP contribution < -0.4 is 5.32 Å². The third kappa shape index (κ3) is 3.59. The number of carbonyl (C=O) groups excluding carboxylic acids is 1. The lowest BCUT2D eigenvalue weighted by Gasteiger charge is -2.09. The number of carbonyl (C=O) groups is 1. The maximum atomic E-state index is 12.2. The van der Waals surface area contributed by atoms with Crippen molar-refractivity contribution in [3.63, 3.8) is 0 Å². The Morgan fingerprint density at radius 1 is 1.29 bits per heavy atom. The van der Waals surface area contributed by atoms with Gasteiger partial charge in [0.2, 0.25) is 0 Å². The first-order valence-electron chi connectivity index (χ1n) is 5.90. The van der Waals surface area contributed by atoms with E-state index in [1.165, 1.54) is 12.1 Å². The first-order chi connectivity index (χ1) is 9.88. The Kier molecular flexibility index (Phi) is 4.59. The van der Waals surface area contributed by atoms with Crippen molar-refractivity contribution in [3.05, 3.63) is 67.1 Å².